The van der Waals surface area contributed by atoms with Crippen LogP contribution >= 0.6 is 0 Å². The molecule has 0 heterocycles. The van der Waals surface area contributed by atoms with Crippen molar-refractivity contribution in [2.45, 2.75) is 19.6 Å². The number of nitrogens with zero attached hydrogens (tertiary/aromatic N) is 1. The number of fused-ring (bicyclic) bond motifs is 1. The maximum atomic E-state index is 9.03. The van der Waals surface area contributed by atoms with Crippen molar-refractivity contribution in [3.63, 3.8) is 0 Å². The van der Waals surface area contributed by atoms with Gasteiger partial charge in [-0.1, -0.05) is 62.1 Å². The quantitative estimate of drug-likeness (QED) is 0.564. The molecule has 0 spiro atoms. The van der Waals surface area contributed by atoms with E-state index in [-0.39, 0.29) is 0 Å². The first-order chi connectivity index (χ1) is 8.54. The van der Waals surface area contributed by atoms with Crippen molar-refractivity contribution in [1.29, 1.82) is 5.26 Å². The summed E-state index contributed by atoms with van der Waals surface area (Å²) in [6.07, 6.45) is 1.73. The van der Waals surface area contributed by atoms with E-state index in [9.17, 15) is 0 Å². The number of allylic oxidation sites excluding steroid dienone is 1. The Kier molecular flexibility index (Phi) is 3.36. The van der Waals surface area contributed by atoms with E-state index in [1.165, 1.54) is 21.5 Å². The van der Waals surface area contributed by atoms with Crippen molar-refractivity contribution < 1.29 is 0 Å². The third-order valence-corrected chi connectivity index (χ3v) is 5.13. The van der Waals surface area contributed by atoms with Crippen molar-refractivity contribution in [2.24, 2.45) is 0 Å². The van der Waals surface area contributed by atoms with E-state index >= 15 is 0 Å². The first-order valence-corrected chi connectivity index (χ1v) is 9.62. The molecule has 2 aromatic rings. The molecule has 18 heavy (non-hydrogen) atoms. The highest BCUT2D eigenvalue weighted by molar-refractivity contribution is 6.94. The first-order valence-electron chi connectivity index (χ1n) is 6.12. The molecule has 1 nitrogen and oxygen atoms in total. The SMILES string of the molecule is C[Si](C)(C)/C(=C\C#N)c1cccc2ccccc12. The molecule has 0 amide bonds. The molecule has 0 saturated carbocycles. The molecule has 0 radical (unpaired) electrons. The summed E-state index contributed by atoms with van der Waals surface area (Å²) in [7, 11) is -1.53. The average Bonchev–Trinajstić information content (AvgIpc) is 2.34. The van der Waals surface area contributed by atoms with Gasteiger partial charge in [0.2, 0.25) is 0 Å². The summed E-state index contributed by atoms with van der Waals surface area (Å²) >= 11 is 0. The van der Waals surface area contributed by atoms with Gasteiger partial charge in [-0.25, -0.2) is 0 Å². The van der Waals surface area contributed by atoms with E-state index in [0.29, 0.717) is 0 Å². The number of hydrogen-bond donors (Lipinski definition) is 0. The fourth-order valence-electron chi connectivity index (χ4n) is 2.22. The number of nitriles is 1. The Bertz CT molecular complexity index is 637. The third-order valence-electron chi connectivity index (χ3n) is 3.10. The lowest BCUT2D eigenvalue weighted by Crippen LogP contribution is -2.22. The van der Waals surface area contributed by atoms with E-state index in [4.69, 9.17) is 5.26 Å². The third kappa shape index (κ3) is 2.37. The van der Waals surface area contributed by atoms with Gasteiger partial charge in [-0.15, -0.1) is 0 Å². The molecule has 0 saturated heterocycles. The molecular weight excluding hydrogens is 234 g/mol. The van der Waals surface area contributed by atoms with E-state index < -0.39 is 8.07 Å². The van der Waals surface area contributed by atoms with Crippen LogP contribution in [-0.2, 0) is 0 Å². The normalized spacial score (nSPS) is 12.4. The number of hydrogen-bond acceptors (Lipinski definition) is 1. The zero-order valence-electron chi connectivity index (χ0n) is 11.1. The molecule has 0 atom stereocenters. The van der Waals surface area contributed by atoms with Gasteiger partial charge in [-0.3, -0.25) is 0 Å². The van der Waals surface area contributed by atoms with Gasteiger partial charge in [0.25, 0.3) is 0 Å². The van der Waals surface area contributed by atoms with Crippen molar-refractivity contribution in [3.8, 4) is 6.07 Å². The van der Waals surface area contributed by atoms with Crippen LogP contribution in [0.25, 0.3) is 16.0 Å². The van der Waals surface area contributed by atoms with Gasteiger partial charge in [-0.05, 0) is 21.5 Å². The predicted octanol–water partition coefficient (Wildman–Crippen LogP) is 4.62. The Morgan fingerprint density at radius 2 is 1.72 bits per heavy atom. The van der Waals surface area contributed by atoms with Crippen LogP contribution in [0.2, 0.25) is 19.6 Å². The summed E-state index contributed by atoms with van der Waals surface area (Å²) in [5, 5.41) is 12.7. The van der Waals surface area contributed by atoms with Crippen molar-refractivity contribution in [3.05, 3.63) is 54.1 Å². The maximum absolute atomic E-state index is 9.03. The average molecular weight is 251 g/mol. The van der Waals surface area contributed by atoms with Gasteiger partial charge in [0.05, 0.1) is 14.1 Å². The maximum Gasteiger partial charge on any atom is 0.0911 e. The Balaban J connectivity index is 2.74. The Morgan fingerprint density at radius 3 is 2.39 bits per heavy atom. The molecule has 0 aliphatic heterocycles. The zero-order chi connectivity index (χ0) is 13.2. The van der Waals surface area contributed by atoms with Crippen LogP contribution in [0.5, 0.6) is 0 Å². The molecule has 90 valence electrons. The molecule has 2 heteroatoms. The second kappa shape index (κ2) is 4.79. The minimum atomic E-state index is -1.53. The molecule has 2 rings (SSSR count). The lowest BCUT2D eigenvalue weighted by Gasteiger charge is -2.21. The number of rotatable bonds is 2. The summed E-state index contributed by atoms with van der Waals surface area (Å²) in [5.74, 6) is 0. The molecular formula is C16H17NSi. The van der Waals surface area contributed by atoms with Crippen molar-refractivity contribution >= 4 is 24.0 Å². The van der Waals surface area contributed by atoms with Gasteiger partial charge < -0.3 is 0 Å². The van der Waals surface area contributed by atoms with Crippen molar-refractivity contribution in [1.82, 2.24) is 0 Å². The molecule has 0 aliphatic rings. The Labute approximate surface area is 109 Å². The summed E-state index contributed by atoms with van der Waals surface area (Å²) in [6, 6.07) is 16.9. The molecule has 0 aromatic heterocycles. The standard InChI is InChI=1S/C16H17NSi/c1-18(2,3)16(11-12-17)15-10-6-8-13-7-4-5-9-14(13)15/h4-11H,1-3H3/b16-11-. The van der Waals surface area contributed by atoms with Gasteiger partial charge >= 0.3 is 0 Å². The highest BCUT2D eigenvalue weighted by atomic mass is 28.3. The second-order valence-electron chi connectivity index (χ2n) is 5.46. The molecule has 0 aliphatic carbocycles. The minimum Gasteiger partial charge on any atom is -0.193 e. The molecule has 0 bridgehead atoms. The fraction of sp³-hybridized carbons (Fsp3) is 0.188. The van der Waals surface area contributed by atoms with Crippen LogP contribution in [-0.4, -0.2) is 8.07 Å². The lowest BCUT2D eigenvalue weighted by molar-refractivity contribution is 1.53. The first kappa shape index (κ1) is 12.6. The Morgan fingerprint density at radius 1 is 1.06 bits per heavy atom. The highest BCUT2D eigenvalue weighted by Gasteiger charge is 2.22. The lowest BCUT2D eigenvalue weighted by atomic mass is 10.0. The second-order valence-corrected chi connectivity index (χ2v) is 10.5. The summed E-state index contributed by atoms with van der Waals surface area (Å²) in [4.78, 5) is 0. The van der Waals surface area contributed by atoms with E-state index in [0.717, 1.165) is 0 Å². The Hall–Kier alpha value is -1.85. The van der Waals surface area contributed by atoms with Crippen LogP contribution in [0.1, 0.15) is 5.56 Å². The van der Waals surface area contributed by atoms with Crippen molar-refractivity contribution in [2.75, 3.05) is 0 Å². The largest absolute Gasteiger partial charge is 0.193 e. The van der Waals surface area contributed by atoms with Gasteiger partial charge in [0, 0.05) is 6.08 Å². The summed E-state index contributed by atoms with van der Waals surface area (Å²) in [6.45, 7) is 6.83. The highest BCUT2D eigenvalue weighted by Crippen LogP contribution is 2.31. The smallest absolute Gasteiger partial charge is 0.0911 e. The fourth-order valence-corrected chi connectivity index (χ4v) is 3.75. The topological polar surface area (TPSA) is 23.8 Å². The van der Waals surface area contributed by atoms with E-state index in [2.05, 4.69) is 62.1 Å². The molecule has 0 unspecified atom stereocenters. The summed E-state index contributed by atoms with van der Waals surface area (Å²) < 4.78 is 0. The molecule has 2 aromatic carbocycles. The van der Waals surface area contributed by atoms with Crippen LogP contribution in [0.15, 0.2) is 48.5 Å². The van der Waals surface area contributed by atoms with Crippen LogP contribution in [0.4, 0.5) is 0 Å². The van der Waals surface area contributed by atoms with E-state index in [1.54, 1.807) is 6.08 Å². The van der Waals surface area contributed by atoms with Crippen LogP contribution < -0.4 is 0 Å². The van der Waals surface area contributed by atoms with E-state index in [1.807, 2.05) is 6.07 Å². The minimum absolute atomic E-state index is 1.22. The van der Waals surface area contributed by atoms with Gasteiger partial charge in [0.15, 0.2) is 0 Å². The molecule has 0 N–H and O–H groups in total. The monoisotopic (exact) mass is 251 g/mol. The zero-order valence-corrected chi connectivity index (χ0v) is 12.1. The predicted molar refractivity (Wildman–Crippen MR) is 80.9 cm³/mol. The van der Waals surface area contributed by atoms with Gasteiger partial charge in [0.1, 0.15) is 0 Å². The number of benzene rings is 2. The van der Waals surface area contributed by atoms with Crippen LogP contribution in [0.3, 0.4) is 0 Å². The van der Waals surface area contributed by atoms with Gasteiger partial charge in [-0.2, -0.15) is 5.26 Å². The molecule has 0 fully saturated rings. The van der Waals surface area contributed by atoms with Crippen LogP contribution in [0, 0.1) is 11.3 Å². The summed E-state index contributed by atoms with van der Waals surface area (Å²) in [5.41, 5.74) is 1.22.